The van der Waals surface area contributed by atoms with Crippen molar-refractivity contribution in [3.8, 4) is 0 Å². The molecule has 0 unspecified atom stereocenters. The number of esters is 2. The lowest BCUT2D eigenvalue weighted by molar-refractivity contribution is -0.144. The molecule has 0 bridgehead atoms. The first-order valence-corrected chi connectivity index (χ1v) is 7.92. The van der Waals surface area contributed by atoms with Crippen molar-refractivity contribution in [2.75, 3.05) is 13.2 Å². The zero-order valence-corrected chi connectivity index (χ0v) is 14.3. The summed E-state index contributed by atoms with van der Waals surface area (Å²) in [5.74, 6) is -2.25. The molecule has 0 atom stereocenters. The second-order valence-electron chi connectivity index (χ2n) is 5.15. The molecule has 1 aromatic rings. The van der Waals surface area contributed by atoms with Crippen LogP contribution in [0.2, 0.25) is 0 Å². The Labute approximate surface area is 146 Å². The van der Waals surface area contributed by atoms with Gasteiger partial charge < -0.3 is 9.47 Å². The maximum absolute atomic E-state index is 12.4. The summed E-state index contributed by atoms with van der Waals surface area (Å²) in [6.07, 6.45) is 0.239. The Kier molecular flexibility index (Phi) is 8.78. The van der Waals surface area contributed by atoms with Gasteiger partial charge in [0.1, 0.15) is 12.2 Å². The van der Waals surface area contributed by atoms with Crippen LogP contribution in [0.3, 0.4) is 0 Å². The molecule has 1 rings (SSSR count). The van der Waals surface area contributed by atoms with Crippen molar-refractivity contribution in [1.82, 2.24) is 0 Å². The molecule has 134 valence electrons. The van der Waals surface area contributed by atoms with Crippen LogP contribution in [0.5, 0.6) is 0 Å². The van der Waals surface area contributed by atoms with Gasteiger partial charge >= 0.3 is 11.9 Å². The average Bonchev–Trinajstić information content (AvgIpc) is 2.59. The first-order valence-electron chi connectivity index (χ1n) is 7.92. The van der Waals surface area contributed by atoms with Crippen LogP contribution in [0.15, 0.2) is 46.7 Å². The highest BCUT2D eigenvalue weighted by atomic mass is 16.5. The molecule has 0 heterocycles. The minimum Gasteiger partial charge on any atom is -0.462 e. The van der Waals surface area contributed by atoms with Gasteiger partial charge in [-0.2, -0.15) is 4.91 Å². The van der Waals surface area contributed by atoms with Crippen molar-refractivity contribution in [2.45, 2.75) is 33.3 Å². The lowest BCUT2D eigenvalue weighted by Gasteiger charge is -2.12. The summed E-state index contributed by atoms with van der Waals surface area (Å²) in [5, 5.41) is 2.72. The molecule has 0 spiro atoms. The SMILES string of the molecule is CCOC(=O)/C(C(C)=O)=C(\CCCN=O)C(=O)OCc1ccccc1. The van der Waals surface area contributed by atoms with Gasteiger partial charge in [0.15, 0.2) is 5.78 Å². The monoisotopic (exact) mass is 347 g/mol. The number of Topliss-reactive ketones (excluding diaryl/α,β-unsaturated/α-hetero) is 1. The van der Waals surface area contributed by atoms with E-state index in [2.05, 4.69) is 5.18 Å². The fraction of sp³-hybridized carbons (Fsp3) is 0.389. The first kappa shape index (κ1) is 20.2. The molecule has 7 nitrogen and oxygen atoms in total. The van der Waals surface area contributed by atoms with Gasteiger partial charge in [-0.05, 0) is 32.3 Å². The number of ketones is 1. The summed E-state index contributed by atoms with van der Waals surface area (Å²) in [7, 11) is 0. The lowest BCUT2D eigenvalue weighted by Crippen LogP contribution is -2.21. The standard InChI is InChI=1S/C18H21NO6/c1-3-24-18(22)16(13(2)20)15(10-7-11-19-23)17(21)25-12-14-8-5-4-6-9-14/h4-6,8-9H,3,7,10-12H2,1-2H3/b16-15+. The van der Waals surface area contributed by atoms with Crippen molar-refractivity contribution in [2.24, 2.45) is 5.18 Å². The third kappa shape index (κ3) is 6.66. The fourth-order valence-corrected chi connectivity index (χ4v) is 2.14. The van der Waals surface area contributed by atoms with Crippen LogP contribution in [0.1, 0.15) is 32.3 Å². The Bertz CT molecular complexity index is 651. The van der Waals surface area contributed by atoms with Gasteiger partial charge in [-0.25, -0.2) is 9.59 Å². The predicted octanol–water partition coefficient (Wildman–Crippen LogP) is 2.73. The summed E-state index contributed by atoms with van der Waals surface area (Å²) >= 11 is 0. The summed E-state index contributed by atoms with van der Waals surface area (Å²) in [6, 6.07) is 9.00. The van der Waals surface area contributed by atoms with Gasteiger partial charge in [0.05, 0.1) is 18.7 Å². The highest BCUT2D eigenvalue weighted by Gasteiger charge is 2.26. The number of nitroso groups, excluding NO2 is 1. The fourth-order valence-electron chi connectivity index (χ4n) is 2.14. The smallest absolute Gasteiger partial charge is 0.342 e. The third-order valence-corrected chi connectivity index (χ3v) is 3.27. The number of rotatable bonds is 10. The molecular weight excluding hydrogens is 326 g/mol. The van der Waals surface area contributed by atoms with E-state index in [4.69, 9.17) is 9.47 Å². The number of carbonyl (C=O) groups excluding carboxylic acids is 3. The molecule has 0 N–H and O–H groups in total. The van der Waals surface area contributed by atoms with Gasteiger partial charge in [-0.1, -0.05) is 35.5 Å². The van der Waals surface area contributed by atoms with Crippen molar-refractivity contribution in [3.05, 3.63) is 51.9 Å². The summed E-state index contributed by atoms with van der Waals surface area (Å²) in [6.45, 7) is 2.80. The van der Waals surface area contributed by atoms with E-state index < -0.39 is 17.7 Å². The molecular formula is C18H21NO6. The lowest BCUT2D eigenvalue weighted by atomic mass is 10.0. The van der Waals surface area contributed by atoms with Gasteiger partial charge in [0, 0.05) is 0 Å². The zero-order valence-electron chi connectivity index (χ0n) is 14.3. The van der Waals surface area contributed by atoms with Crippen molar-refractivity contribution in [3.63, 3.8) is 0 Å². The molecule has 0 saturated heterocycles. The molecule has 1 aromatic carbocycles. The number of nitrogens with zero attached hydrogens (tertiary/aromatic N) is 1. The minimum absolute atomic E-state index is 0.00309. The van der Waals surface area contributed by atoms with Gasteiger partial charge in [-0.15, -0.1) is 0 Å². The highest BCUT2D eigenvalue weighted by molar-refractivity contribution is 6.20. The summed E-state index contributed by atoms with van der Waals surface area (Å²) in [5.41, 5.74) is 0.335. The maximum atomic E-state index is 12.4. The number of hydrogen-bond acceptors (Lipinski definition) is 7. The molecule has 0 saturated carbocycles. The van der Waals surface area contributed by atoms with E-state index in [0.29, 0.717) is 0 Å². The Balaban J connectivity index is 3.04. The van der Waals surface area contributed by atoms with Gasteiger partial charge in [-0.3, -0.25) is 4.79 Å². The summed E-state index contributed by atoms with van der Waals surface area (Å²) < 4.78 is 10.1. The predicted molar refractivity (Wildman–Crippen MR) is 90.5 cm³/mol. The molecule has 7 heteroatoms. The molecule has 25 heavy (non-hydrogen) atoms. The van der Waals surface area contributed by atoms with E-state index in [1.165, 1.54) is 6.92 Å². The number of ether oxygens (including phenoxy) is 2. The van der Waals surface area contributed by atoms with Crippen LogP contribution in [0, 0.1) is 4.91 Å². The van der Waals surface area contributed by atoms with E-state index in [1.807, 2.05) is 6.07 Å². The average molecular weight is 347 g/mol. The van der Waals surface area contributed by atoms with Crippen LogP contribution >= 0.6 is 0 Å². The molecule has 0 aromatic heterocycles. The Morgan fingerprint density at radius 3 is 2.28 bits per heavy atom. The molecule has 0 aliphatic heterocycles. The van der Waals surface area contributed by atoms with E-state index in [-0.39, 0.29) is 43.7 Å². The van der Waals surface area contributed by atoms with Gasteiger partial charge in [0.2, 0.25) is 0 Å². The second-order valence-corrected chi connectivity index (χ2v) is 5.15. The minimum atomic E-state index is -0.874. The largest absolute Gasteiger partial charge is 0.462 e. The number of hydrogen-bond donors (Lipinski definition) is 0. The van der Waals surface area contributed by atoms with Gasteiger partial charge in [0.25, 0.3) is 0 Å². The highest BCUT2D eigenvalue weighted by Crippen LogP contribution is 2.17. The van der Waals surface area contributed by atoms with Crippen molar-refractivity contribution in [1.29, 1.82) is 0 Å². The molecule has 0 radical (unpaired) electrons. The van der Waals surface area contributed by atoms with Crippen molar-refractivity contribution < 1.29 is 23.9 Å². The van der Waals surface area contributed by atoms with E-state index in [1.54, 1.807) is 31.2 Å². The Morgan fingerprint density at radius 1 is 1.04 bits per heavy atom. The quantitative estimate of drug-likeness (QED) is 0.161. The summed E-state index contributed by atoms with van der Waals surface area (Å²) in [4.78, 5) is 46.6. The second kappa shape index (κ2) is 10.9. The Morgan fingerprint density at radius 2 is 1.72 bits per heavy atom. The zero-order chi connectivity index (χ0) is 18.7. The molecule has 0 aliphatic carbocycles. The van der Waals surface area contributed by atoms with Crippen LogP contribution in [-0.4, -0.2) is 30.9 Å². The van der Waals surface area contributed by atoms with E-state index in [9.17, 15) is 19.3 Å². The molecule has 0 fully saturated rings. The van der Waals surface area contributed by atoms with Crippen molar-refractivity contribution >= 4 is 17.7 Å². The van der Waals surface area contributed by atoms with Crippen LogP contribution in [0.25, 0.3) is 0 Å². The first-order chi connectivity index (χ1) is 12.0. The molecule has 0 amide bonds. The van der Waals surface area contributed by atoms with Crippen LogP contribution < -0.4 is 0 Å². The van der Waals surface area contributed by atoms with Crippen LogP contribution in [-0.2, 0) is 30.5 Å². The van der Waals surface area contributed by atoms with Crippen LogP contribution in [0.4, 0.5) is 0 Å². The molecule has 0 aliphatic rings. The van der Waals surface area contributed by atoms with E-state index in [0.717, 1.165) is 5.56 Å². The van der Waals surface area contributed by atoms with E-state index >= 15 is 0 Å². The maximum Gasteiger partial charge on any atom is 0.342 e. The Hall–Kier alpha value is -2.83. The third-order valence-electron chi connectivity index (χ3n) is 3.27. The topological polar surface area (TPSA) is 99.1 Å². The normalized spacial score (nSPS) is 11.3. The number of benzene rings is 1. The number of carbonyl (C=O) groups is 3.